The predicted molar refractivity (Wildman–Crippen MR) is 72.3 cm³/mol. The normalized spacial score (nSPS) is 15.1. The molecule has 0 radical (unpaired) electrons. The maximum absolute atomic E-state index is 11.9. The van der Waals surface area contributed by atoms with Gasteiger partial charge in [0.15, 0.2) is 5.78 Å². The standard InChI is InChI=1S/C14H18N2O3/c1-11(17)12-3-2-4-13(9-12)15-10-14(18)16-5-7-19-8-6-16/h2-4,9,15H,5-8,10H2,1H3. The highest BCUT2D eigenvalue weighted by atomic mass is 16.5. The van der Waals surface area contributed by atoms with Gasteiger partial charge in [0.25, 0.3) is 0 Å². The number of hydrogen-bond donors (Lipinski definition) is 1. The van der Waals surface area contributed by atoms with Gasteiger partial charge in [0.1, 0.15) is 0 Å². The fourth-order valence-electron chi connectivity index (χ4n) is 1.95. The molecule has 1 aromatic rings. The first kappa shape index (κ1) is 13.5. The minimum atomic E-state index is 0.0168. The van der Waals surface area contributed by atoms with E-state index in [1.165, 1.54) is 6.92 Å². The van der Waals surface area contributed by atoms with Gasteiger partial charge in [0, 0.05) is 24.3 Å². The van der Waals surface area contributed by atoms with Crippen LogP contribution in [0, 0.1) is 0 Å². The summed E-state index contributed by atoms with van der Waals surface area (Å²) in [6, 6.07) is 7.17. The molecule has 0 aliphatic carbocycles. The molecule has 1 heterocycles. The Hall–Kier alpha value is -1.88. The molecule has 0 spiro atoms. The van der Waals surface area contributed by atoms with Crippen molar-refractivity contribution in [1.29, 1.82) is 0 Å². The molecule has 1 N–H and O–H groups in total. The number of carbonyl (C=O) groups is 2. The molecule has 0 atom stereocenters. The third-order valence-corrected chi connectivity index (χ3v) is 3.08. The van der Waals surface area contributed by atoms with Gasteiger partial charge >= 0.3 is 0 Å². The molecule has 0 aromatic heterocycles. The first-order valence-corrected chi connectivity index (χ1v) is 6.37. The van der Waals surface area contributed by atoms with Gasteiger partial charge < -0.3 is 15.0 Å². The van der Waals surface area contributed by atoms with Crippen LogP contribution in [0.1, 0.15) is 17.3 Å². The van der Waals surface area contributed by atoms with E-state index in [2.05, 4.69) is 5.32 Å². The van der Waals surface area contributed by atoms with Gasteiger partial charge in [0.05, 0.1) is 19.8 Å². The first-order valence-electron chi connectivity index (χ1n) is 6.37. The molecule has 5 nitrogen and oxygen atoms in total. The Balaban J connectivity index is 1.89. The number of rotatable bonds is 4. The topological polar surface area (TPSA) is 58.6 Å². The fraction of sp³-hybridized carbons (Fsp3) is 0.429. The summed E-state index contributed by atoms with van der Waals surface area (Å²) in [5, 5.41) is 3.05. The van der Waals surface area contributed by atoms with Crippen molar-refractivity contribution in [3.63, 3.8) is 0 Å². The van der Waals surface area contributed by atoms with Crippen LogP contribution in [-0.2, 0) is 9.53 Å². The van der Waals surface area contributed by atoms with Crippen molar-refractivity contribution in [2.45, 2.75) is 6.92 Å². The molecule has 1 aliphatic heterocycles. The minimum absolute atomic E-state index is 0.0168. The second kappa shape index (κ2) is 6.33. The Bertz CT molecular complexity index is 468. The molecule has 1 aromatic carbocycles. The summed E-state index contributed by atoms with van der Waals surface area (Å²) in [5.74, 6) is 0.0692. The summed E-state index contributed by atoms with van der Waals surface area (Å²) < 4.78 is 5.20. The summed E-state index contributed by atoms with van der Waals surface area (Å²) in [7, 11) is 0. The van der Waals surface area contributed by atoms with Crippen molar-refractivity contribution in [3.05, 3.63) is 29.8 Å². The van der Waals surface area contributed by atoms with E-state index in [0.29, 0.717) is 31.9 Å². The molecular weight excluding hydrogens is 244 g/mol. The summed E-state index contributed by atoms with van der Waals surface area (Å²) in [5.41, 5.74) is 1.43. The smallest absolute Gasteiger partial charge is 0.242 e. The summed E-state index contributed by atoms with van der Waals surface area (Å²) in [6.45, 7) is 4.26. The predicted octanol–water partition coefficient (Wildman–Crippen LogP) is 1.16. The molecule has 0 saturated carbocycles. The quantitative estimate of drug-likeness (QED) is 0.827. The van der Waals surface area contributed by atoms with E-state index in [0.717, 1.165) is 5.69 Å². The van der Waals surface area contributed by atoms with Crippen molar-refractivity contribution in [2.24, 2.45) is 0 Å². The van der Waals surface area contributed by atoms with Crippen LogP contribution in [0.4, 0.5) is 5.69 Å². The van der Waals surface area contributed by atoms with Crippen molar-refractivity contribution in [1.82, 2.24) is 4.90 Å². The number of nitrogens with zero attached hydrogens (tertiary/aromatic N) is 1. The Labute approximate surface area is 112 Å². The van der Waals surface area contributed by atoms with Crippen LogP contribution in [0.15, 0.2) is 24.3 Å². The van der Waals surface area contributed by atoms with Crippen molar-refractivity contribution in [3.8, 4) is 0 Å². The lowest BCUT2D eigenvalue weighted by molar-refractivity contribution is -0.133. The van der Waals surface area contributed by atoms with Gasteiger partial charge in [-0.25, -0.2) is 0 Å². The maximum Gasteiger partial charge on any atom is 0.242 e. The number of amides is 1. The number of morpholine rings is 1. The van der Waals surface area contributed by atoms with Gasteiger partial charge in [-0.2, -0.15) is 0 Å². The zero-order valence-electron chi connectivity index (χ0n) is 11.0. The zero-order chi connectivity index (χ0) is 13.7. The monoisotopic (exact) mass is 262 g/mol. The number of carbonyl (C=O) groups excluding carboxylic acids is 2. The number of benzene rings is 1. The highest BCUT2D eigenvalue weighted by Gasteiger charge is 2.16. The molecule has 5 heteroatoms. The number of ketones is 1. The summed E-state index contributed by atoms with van der Waals surface area (Å²) >= 11 is 0. The number of ether oxygens (including phenoxy) is 1. The van der Waals surface area contributed by atoms with Crippen LogP contribution in [-0.4, -0.2) is 49.4 Å². The average Bonchev–Trinajstić information content (AvgIpc) is 2.46. The molecule has 1 saturated heterocycles. The molecule has 1 fully saturated rings. The van der Waals surface area contributed by atoms with E-state index in [9.17, 15) is 9.59 Å². The zero-order valence-corrected chi connectivity index (χ0v) is 11.0. The largest absolute Gasteiger partial charge is 0.378 e. The third kappa shape index (κ3) is 3.79. The molecular formula is C14H18N2O3. The molecule has 1 amide bonds. The van der Waals surface area contributed by atoms with Gasteiger partial charge in [-0.1, -0.05) is 12.1 Å². The molecule has 102 valence electrons. The van der Waals surface area contributed by atoms with Gasteiger partial charge in [-0.15, -0.1) is 0 Å². The molecule has 0 unspecified atom stereocenters. The molecule has 19 heavy (non-hydrogen) atoms. The van der Waals surface area contributed by atoms with E-state index >= 15 is 0 Å². The van der Waals surface area contributed by atoms with Crippen molar-refractivity contribution >= 4 is 17.4 Å². The highest BCUT2D eigenvalue weighted by Crippen LogP contribution is 2.11. The molecule has 1 aliphatic rings. The Morgan fingerprint density at radius 2 is 2.05 bits per heavy atom. The van der Waals surface area contributed by atoms with Gasteiger partial charge in [-0.3, -0.25) is 9.59 Å². The highest BCUT2D eigenvalue weighted by molar-refractivity contribution is 5.95. The van der Waals surface area contributed by atoms with Crippen LogP contribution in [0.5, 0.6) is 0 Å². The Morgan fingerprint density at radius 1 is 1.32 bits per heavy atom. The number of hydrogen-bond acceptors (Lipinski definition) is 4. The van der Waals surface area contributed by atoms with E-state index < -0.39 is 0 Å². The van der Waals surface area contributed by atoms with E-state index in [4.69, 9.17) is 4.74 Å². The van der Waals surface area contributed by atoms with Gasteiger partial charge in [-0.05, 0) is 19.1 Å². The summed E-state index contributed by atoms with van der Waals surface area (Å²) in [6.07, 6.45) is 0. The Morgan fingerprint density at radius 3 is 2.74 bits per heavy atom. The number of anilines is 1. The first-order chi connectivity index (χ1) is 9.16. The lowest BCUT2D eigenvalue weighted by Crippen LogP contribution is -2.43. The summed E-state index contributed by atoms with van der Waals surface area (Å²) in [4.78, 5) is 25.0. The lowest BCUT2D eigenvalue weighted by atomic mass is 10.1. The number of nitrogens with one attached hydrogen (secondary N) is 1. The van der Waals surface area contributed by atoms with Crippen LogP contribution < -0.4 is 5.32 Å². The van der Waals surface area contributed by atoms with Gasteiger partial charge in [0.2, 0.25) is 5.91 Å². The Kier molecular flexibility index (Phi) is 4.52. The average molecular weight is 262 g/mol. The van der Waals surface area contributed by atoms with Crippen LogP contribution >= 0.6 is 0 Å². The number of Topliss-reactive ketones (excluding diaryl/α,β-unsaturated/α-hetero) is 1. The fourth-order valence-corrected chi connectivity index (χ4v) is 1.95. The lowest BCUT2D eigenvalue weighted by Gasteiger charge is -2.27. The maximum atomic E-state index is 11.9. The van der Waals surface area contributed by atoms with E-state index in [-0.39, 0.29) is 18.2 Å². The molecule has 2 rings (SSSR count). The third-order valence-electron chi connectivity index (χ3n) is 3.08. The minimum Gasteiger partial charge on any atom is -0.378 e. The van der Waals surface area contributed by atoms with Crippen LogP contribution in [0.25, 0.3) is 0 Å². The molecule has 0 bridgehead atoms. The van der Waals surface area contributed by atoms with Crippen LogP contribution in [0.2, 0.25) is 0 Å². The van der Waals surface area contributed by atoms with E-state index in [1.54, 1.807) is 23.1 Å². The van der Waals surface area contributed by atoms with Crippen molar-refractivity contribution < 1.29 is 14.3 Å². The van der Waals surface area contributed by atoms with Crippen LogP contribution in [0.3, 0.4) is 0 Å². The van der Waals surface area contributed by atoms with Crippen molar-refractivity contribution in [2.75, 3.05) is 38.2 Å². The van der Waals surface area contributed by atoms with E-state index in [1.807, 2.05) is 6.07 Å². The second-order valence-electron chi connectivity index (χ2n) is 4.48. The SMILES string of the molecule is CC(=O)c1cccc(NCC(=O)N2CCOCC2)c1. The second-order valence-corrected chi connectivity index (χ2v) is 4.48.